The number of hydrogen-bond donors (Lipinski definition) is 1. The second kappa shape index (κ2) is 6.60. The molecule has 0 spiro atoms. The molecule has 2 fully saturated rings. The summed E-state index contributed by atoms with van der Waals surface area (Å²) in [5.74, 6) is 1.08. The van der Waals surface area contributed by atoms with E-state index in [2.05, 4.69) is 33.0 Å². The summed E-state index contributed by atoms with van der Waals surface area (Å²) in [6.07, 6.45) is 1.21. The lowest BCUT2D eigenvalue weighted by Crippen LogP contribution is -2.39. The lowest BCUT2D eigenvalue weighted by Gasteiger charge is -2.17. The molecule has 1 heterocycles. The van der Waals surface area contributed by atoms with Gasteiger partial charge in [0, 0.05) is 25.4 Å². The predicted molar refractivity (Wildman–Crippen MR) is 101 cm³/mol. The minimum Gasteiger partial charge on any atom is -0.497 e. The number of amides is 2. The van der Waals surface area contributed by atoms with Gasteiger partial charge in [0.1, 0.15) is 5.75 Å². The van der Waals surface area contributed by atoms with Crippen molar-refractivity contribution < 1.29 is 14.3 Å². The van der Waals surface area contributed by atoms with Gasteiger partial charge in [-0.25, -0.2) is 0 Å². The first-order valence-electron chi connectivity index (χ1n) is 9.38. The van der Waals surface area contributed by atoms with Crippen molar-refractivity contribution in [3.8, 4) is 5.75 Å². The zero-order valence-corrected chi connectivity index (χ0v) is 16.5. The van der Waals surface area contributed by atoms with Crippen LogP contribution in [-0.4, -0.2) is 43.0 Å². The van der Waals surface area contributed by atoms with E-state index in [-0.39, 0.29) is 34.6 Å². The average molecular weight is 358 g/mol. The second-order valence-corrected chi connectivity index (χ2v) is 8.72. The van der Waals surface area contributed by atoms with Gasteiger partial charge in [0.2, 0.25) is 11.8 Å². The maximum atomic E-state index is 12.6. The Morgan fingerprint density at radius 3 is 2.35 bits per heavy atom. The molecule has 0 bridgehead atoms. The minimum absolute atomic E-state index is 0.0216. The summed E-state index contributed by atoms with van der Waals surface area (Å²) in [7, 11) is 1.65. The van der Waals surface area contributed by atoms with Gasteiger partial charge in [0.05, 0.1) is 13.2 Å². The highest BCUT2D eigenvalue weighted by molar-refractivity contribution is 5.86. The van der Waals surface area contributed by atoms with Crippen LogP contribution in [0.25, 0.3) is 0 Å². The Hall–Kier alpha value is -2.04. The summed E-state index contributed by atoms with van der Waals surface area (Å²) in [6, 6.07) is 7.84. The van der Waals surface area contributed by atoms with Crippen LogP contribution in [0.2, 0.25) is 0 Å². The van der Waals surface area contributed by atoms with E-state index in [1.54, 1.807) is 7.11 Å². The van der Waals surface area contributed by atoms with Gasteiger partial charge in [-0.15, -0.1) is 0 Å². The summed E-state index contributed by atoms with van der Waals surface area (Å²) in [4.78, 5) is 26.7. The first-order valence-corrected chi connectivity index (χ1v) is 9.38. The molecule has 1 saturated heterocycles. The summed E-state index contributed by atoms with van der Waals surface area (Å²) >= 11 is 0. The van der Waals surface area contributed by atoms with E-state index in [4.69, 9.17) is 4.74 Å². The Labute approximate surface area is 156 Å². The molecule has 3 rings (SSSR count). The highest BCUT2D eigenvalue weighted by atomic mass is 16.5. The monoisotopic (exact) mass is 358 g/mol. The Bertz CT molecular complexity index is 680. The van der Waals surface area contributed by atoms with Crippen LogP contribution in [0.15, 0.2) is 24.3 Å². The average Bonchev–Trinajstić information content (AvgIpc) is 2.82. The number of rotatable bonds is 6. The van der Waals surface area contributed by atoms with Crippen molar-refractivity contribution in [2.24, 2.45) is 16.7 Å². The molecule has 1 atom stereocenters. The number of ether oxygens (including phenoxy) is 1. The van der Waals surface area contributed by atoms with Gasteiger partial charge < -0.3 is 15.0 Å². The lowest BCUT2D eigenvalue weighted by molar-refractivity contribution is -0.127. The van der Waals surface area contributed by atoms with Crippen molar-refractivity contribution >= 4 is 11.8 Å². The highest BCUT2D eigenvalue weighted by Gasteiger charge is 2.68. The highest BCUT2D eigenvalue weighted by Crippen LogP contribution is 2.68. The van der Waals surface area contributed by atoms with E-state index >= 15 is 0 Å². The SMILES string of the molecule is COc1ccc(CCN2C[C@H](NC(=O)C3C(C)(C)C3(C)C)CC2=O)cc1. The number of nitrogens with zero attached hydrogens (tertiary/aromatic N) is 1. The van der Waals surface area contributed by atoms with Crippen LogP contribution in [0.3, 0.4) is 0 Å². The molecule has 0 unspecified atom stereocenters. The number of nitrogens with one attached hydrogen (secondary N) is 1. The van der Waals surface area contributed by atoms with Crippen LogP contribution in [0, 0.1) is 16.7 Å². The topological polar surface area (TPSA) is 58.6 Å². The number of methoxy groups -OCH3 is 1. The molecule has 5 nitrogen and oxygen atoms in total. The zero-order chi connectivity index (χ0) is 19.1. The molecule has 1 N–H and O–H groups in total. The predicted octanol–water partition coefficient (Wildman–Crippen LogP) is 2.64. The zero-order valence-electron chi connectivity index (χ0n) is 16.5. The van der Waals surface area contributed by atoms with Crippen molar-refractivity contribution in [2.45, 2.75) is 46.6 Å². The molecular formula is C21H30N2O3. The normalized spacial score (nSPS) is 23.8. The molecule has 142 valence electrons. The molecule has 2 amide bonds. The van der Waals surface area contributed by atoms with E-state index in [9.17, 15) is 9.59 Å². The molecule has 1 aliphatic heterocycles. The fourth-order valence-electron chi connectivity index (χ4n) is 4.28. The molecule has 1 aliphatic carbocycles. The molecule has 1 aromatic carbocycles. The van der Waals surface area contributed by atoms with Crippen molar-refractivity contribution in [2.75, 3.05) is 20.2 Å². The number of benzene rings is 1. The molecule has 2 aliphatic rings. The molecule has 26 heavy (non-hydrogen) atoms. The van der Waals surface area contributed by atoms with Crippen molar-refractivity contribution in [1.82, 2.24) is 10.2 Å². The third-order valence-corrected chi connectivity index (χ3v) is 6.67. The van der Waals surface area contributed by atoms with Crippen molar-refractivity contribution in [3.63, 3.8) is 0 Å². The molecular weight excluding hydrogens is 328 g/mol. The van der Waals surface area contributed by atoms with E-state index in [1.807, 2.05) is 29.2 Å². The van der Waals surface area contributed by atoms with E-state index in [1.165, 1.54) is 5.56 Å². The van der Waals surface area contributed by atoms with Crippen LogP contribution < -0.4 is 10.1 Å². The summed E-state index contributed by atoms with van der Waals surface area (Å²) in [5.41, 5.74) is 1.22. The largest absolute Gasteiger partial charge is 0.497 e. The number of carbonyl (C=O) groups excluding carboxylic acids is 2. The van der Waals surface area contributed by atoms with Crippen LogP contribution in [0.4, 0.5) is 0 Å². The van der Waals surface area contributed by atoms with Gasteiger partial charge in [-0.2, -0.15) is 0 Å². The molecule has 0 radical (unpaired) electrons. The van der Waals surface area contributed by atoms with Gasteiger partial charge in [0.15, 0.2) is 0 Å². The Balaban J connectivity index is 1.50. The molecule has 1 saturated carbocycles. The smallest absolute Gasteiger partial charge is 0.224 e. The molecule has 5 heteroatoms. The summed E-state index contributed by atoms with van der Waals surface area (Å²) in [5, 5.41) is 3.11. The fourth-order valence-corrected chi connectivity index (χ4v) is 4.28. The lowest BCUT2D eigenvalue weighted by atomic mass is 10.0. The summed E-state index contributed by atoms with van der Waals surface area (Å²) in [6.45, 7) is 9.83. The quantitative estimate of drug-likeness (QED) is 0.850. The van der Waals surface area contributed by atoms with Crippen molar-refractivity contribution in [1.29, 1.82) is 0 Å². The van der Waals surface area contributed by atoms with Gasteiger partial charge in [0.25, 0.3) is 0 Å². The second-order valence-electron chi connectivity index (χ2n) is 8.72. The van der Waals surface area contributed by atoms with Gasteiger partial charge in [-0.05, 0) is 34.9 Å². The Kier molecular flexibility index (Phi) is 4.76. The first-order chi connectivity index (χ1) is 12.2. The van der Waals surface area contributed by atoms with E-state index in [0.717, 1.165) is 12.2 Å². The van der Waals surface area contributed by atoms with Crippen LogP contribution in [0.1, 0.15) is 39.7 Å². The maximum Gasteiger partial charge on any atom is 0.224 e. The number of carbonyl (C=O) groups is 2. The maximum absolute atomic E-state index is 12.6. The first kappa shape index (κ1) is 18.7. The van der Waals surface area contributed by atoms with Gasteiger partial charge in [-0.3, -0.25) is 9.59 Å². The number of likely N-dealkylation sites (tertiary alicyclic amines) is 1. The summed E-state index contributed by atoms with van der Waals surface area (Å²) < 4.78 is 5.16. The standard InChI is InChI=1S/C21H30N2O3/c1-20(2)18(21(20,3)4)19(25)22-15-12-17(24)23(13-15)11-10-14-6-8-16(26-5)9-7-14/h6-9,15,18H,10-13H2,1-5H3,(H,22,25)/t15-/m1/s1. The Morgan fingerprint density at radius 2 is 1.81 bits per heavy atom. The minimum atomic E-state index is -0.0712. The van der Waals surface area contributed by atoms with E-state index < -0.39 is 0 Å². The van der Waals surface area contributed by atoms with Crippen LogP contribution >= 0.6 is 0 Å². The third-order valence-electron chi connectivity index (χ3n) is 6.67. The van der Waals surface area contributed by atoms with Crippen LogP contribution in [-0.2, 0) is 16.0 Å². The van der Waals surface area contributed by atoms with Gasteiger partial charge >= 0.3 is 0 Å². The number of hydrogen-bond acceptors (Lipinski definition) is 3. The fraction of sp³-hybridized carbons (Fsp3) is 0.619. The van der Waals surface area contributed by atoms with Crippen molar-refractivity contribution in [3.05, 3.63) is 29.8 Å². The third kappa shape index (κ3) is 3.31. The van der Waals surface area contributed by atoms with Crippen LogP contribution in [0.5, 0.6) is 5.75 Å². The van der Waals surface area contributed by atoms with Gasteiger partial charge in [-0.1, -0.05) is 39.8 Å². The molecule has 0 aromatic heterocycles. The molecule has 1 aromatic rings. The Morgan fingerprint density at radius 1 is 1.19 bits per heavy atom. The van der Waals surface area contributed by atoms with E-state index in [0.29, 0.717) is 19.5 Å².